The molecule has 1 N–H and O–H groups in total. The zero-order valence-electron chi connectivity index (χ0n) is 10.3. The van der Waals surface area contributed by atoms with Gasteiger partial charge in [0.1, 0.15) is 6.33 Å². The van der Waals surface area contributed by atoms with Crippen LogP contribution in [0.1, 0.15) is 19.8 Å². The molecule has 0 radical (unpaired) electrons. The van der Waals surface area contributed by atoms with Crippen LogP contribution in [0.3, 0.4) is 0 Å². The van der Waals surface area contributed by atoms with Crippen LogP contribution in [0.4, 0.5) is 5.82 Å². The quantitative estimate of drug-likeness (QED) is 0.713. The van der Waals surface area contributed by atoms with Gasteiger partial charge in [-0.25, -0.2) is 0 Å². The Morgan fingerprint density at radius 1 is 1.22 bits per heavy atom. The Kier molecular flexibility index (Phi) is 2.80. The van der Waals surface area contributed by atoms with E-state index in [1.807, 2.05) is 18.2 Å². The van der Waals surface area contributed by atoms with Crippen molar-refractivity contribution in [3.63, 3.8) is 0 Å². The molecule has 2 heterocycles. The van der Waals surface area contributed by atoms with Gasteiger partial charge in [-0.05, 0) is 6.42 Å². The average Bonchev–Trinajstić information content (AvgIpc) is 2.87. The van der Waals surface area contributed by atoms with E-state index in [2.05, 4.69) is 33.6 Å². The van der Waals surface area contributed by atoms with Gasteiger partial charge in [-0.3, -0.25) is 0 Å². The van der Waals surface area contributed by atoms with Crippen LogP contribution in [0, 0.1) is 0 Å². The summed E-state index contributed by atoms with van der Waals surface area (Å²) in [6, 6.07) is 8.13. The average molecular weight is 241 g/mol. The highest BCUT2D eigenvalue weighted by Gasteiger charge is 2.08. The van der Waals surface area contributed by atoms with Crippen LogP contribution in [0.2, 0.25) is 0 Å². The molecule has 0 atom stereocenters. The normalized spacial score (nSPS) is 11.2. The number of nitrogens with one attached hydrogen (secondary N) is 1. The zero-order chi connectivity index (χ0) is 12.4. The lowest BCUT2D eigenvalue weighted by molar-refractivity contribution is 0.824. The lowest BCUT2D eigenvalue weighted by Crippen LogP contribution is -2.06. The minimum atomic E-state index is 0.798. The summed E-state index contributed by atoms with van der Waals surface area (Å²) in [4.78, 5) is 0. The van der Waals surface area contributed by atoms with Crippen molar-refractivity contribution in [2.75, 3.05) is 11.9 Å². The number of anilines is 1. The van der Waals surface area contributed by atoms with Crippen LogP contribution in [0.15, 0.2) is 30.6 Å². The Bertz CT molecular complexity index is 673. The Hall–Kier alpha value is -2.17. The molecule has 0 saturated heterocycles. The van der Waals surface area contributed by atoms with Crippen molar-refractivity contribution in [1.29, 1.82) is 0 Å². The van der Waals surface area contributed by atoms with Gasteiger partial charge in [0.05, 0.1) is 0 Å². The van der Waals surface area contributed by atoms with Crippen molar-refractivity contribution in [2.45, 2.75) is 19.8 Å². The summed E-state index contributed by atoms with van der Waals surface area (Å²) >= 11 is 0. The maximum absolute atomic E-state index is 4.52. The number of hydrogen-bond acceptors (Lipinski definition) is 4. The molecule has 0 unspecified atom stereocenters. The first-order valence-electron chi connectivity index (χ1n) is 6.23. The summed E-state index contributed by atoms with van der Waals surface area (Å²) in [6.45, 7) is 3.11. The Morgan fingerprint density at radius 2 is 2.06 bits per heavy atom. The van der Waals surface area contributed by atoms with E-state index >= 15 is 0 Å². The van der Waals surface area contributed by atoms with Crippen molar-refractivity contribution >= 4 is 22.2 Å². The number of aromatic nitrogens is 4. The van der Waals surface area contributed by atoms with Crippen LogP contribution < -0.4 is 5.32 Å². The topological polar surface area (TPSA) is 55.1 Å². The maximum atomic E-state index is 4.52. The van der Waals surface area contributed by atoms with E-state index < -0.39 is 0 Å². The Labute approximate surface area is 105 Å². The molecular weight excluding hydrogens is 226 g/mol. The molecule has 3 rings (SSSR count). The van der Waals surface area contributed by atoms with E-state index in [4.69, 9.17) is 0 Å². The van der Waals surface area contributed by atoms with E-state index in [0.29, 0.717) is 0 Å². The number of fused-ring (bicyclic) bond motifs is 3. The fourth-order valence-electron chi connectivity index (χ4n) is 2.04. The van der Waals surface area contributed by atoms with Gasteiger partial charge < -0.3 is 5.32 Å². The molecule has 0 aliphatic heterocycles. The largest absolute Gasteiger partial charge is 0.368 e. The standard InChI is InChI=1S/C13H15N5/c1-2-3-8-14-12-10-6-4-5-7-11(10)13-16-15-9-18(13)17-12/h4-7,9H,2-3,8H2,1H3,(H,14,17). The lowest BCUT2D eigenvalue weighted by Gasteiger charge is -2.08. The predicted molar refractivity (Wildman–Crippen MR) is 71.7 cm³/mol. The third kappa shape index (κ3) is 1.77. The number of benzene rings is 1. The second-order valence-electron chi connectivity index (χ2n) is 4.27. The van der Waals surface area contributed by atoms with Gasteiger partial charge in [0.2, 0.25) is 0 Å². The molecule has 3 aromatic rings. The molecule has 0 fully saturated rings. The minimum Gasteiger partial charge on any atom is -0.368 e. The summed E-state index contributed by atoms with van der Waals surface area (Å²) in [6.07, 6.45) is 3.93. The molecule has 0 spiro atoms. The second kappa shape index (κ2) is 4.60. The Balaban J connectivity index is 2.14. The summed E-state index contributed by atoms with van der Waals surface area (Å²) in [7, 11) is 0. The van der Waals surface area contributed by atoms with Crippen molar-refractivity contribution in [1.82, 2.24) is 19.8 Å². The number of hydrogen-bond donors (Lipinski definition) is 1. The van der Waals surface area contributed by atoms with Gasteiger partial charge in [0, 0.05) is 17.3 Å². The number of unbranched alkanes of at least 4 members (excludes halogenated alkanes) is 1. The van der Waals surface area contributed by atoms with E-state index in [1.54, 1.807) is 10.8 Å². The van der Waals surface area contributed by atoms with Crippen molar-refractivity contribution in [3.8, 4) is 0 Å². The Morgan fingerprint density at radius 3 is 2.89 bits per heavy atom. The van der Waals surface area contributed by atoms with Crippen LogP contribution in [-0.4, -0.2) is 26.4 Å². The maximum Gasteiger partial charge on any atom is 0.185 e. The lowest BCUT2D eigenvalue weighted by atomic mass is 10.2. The van der Waals surface area contributed by atoms with Crippen molar-refractivity contribution < 1.29 is 0 Å². The van der Waals surface area contributed by atoms with Gasteiger partial charge in [-0.1, -0.05) is 37.6 Å². The summed E-state index contributed by atoms with van der Waals surface area (Å²) in [5.41, 5.74) is 0.798. The molecule has 0 amide bonds. The smallest absolute Gasteiger partial charge is 0.185 e. The van der Waals surface area contributed by atoms with Gasteiger partial charge in [0.25, 0.3) is 0 Å². The second-order valence-corrected chi connectivity index (χ2v) is 4.27. The highest BCUT2D eigenvalue weighted by atomic mass is 15.4. The van der Waals surface area contributed by atoms with Gasteiger partial charge in [0.15, 0.2) is 11.5 Å². The third-order valence-electron chi connectivity index (χ3n) is 2.98. The van der Waals surface area contributed by atoms with E-state index in [9.17, 15) is 0 Å². The van der Waals surface area contributed by atoms with E-state index in [-0.39, 0.29) is 0 Å². The first-order chi connectivity index (χ1) is 8.90. The molecule has 0 saturated carbocycles. The summed E-state index contributed by atoms with van der Waals surface area (Å²) in [5, 5.41) is 18.1. The molecule has 0 aliphatic carbocycles. The van der Waals surface area contributed by atoms with Gasteiger partial charge in [-0.2, -0.15) is 4.52 Å². The highest BCUT2D eigenvalue weighted by molar-refractivity contribution is 5.99. The molecule has 18 heavy (non-hydrogen) atoms. The third-order valence-corrected chi connectivity index (χ3v) is 2.98. The summed E-state index contributed by atoms with van der Waals surface area (Å²) < 4.78 is 1.72. The van der Waals surface area contributed by atoms with E-state index in [0.717, 1.165) is 35.2 Å². The number of rotatable bonds is 4. The van der Waals surface area contributed by atoms with Gasteiger partial charge in [-0.15, -0.1) is 15.3 Å². The van der Waals surface area contributed by atoms with Crippen LogP contribution in [0.25, 0.3) is 16.4 Å². The number of nitrogens with zero attached hydrogens (tertiary/aromatic N) is 4. The van der Waals surface area contributed by atoms with Crippen molar-refractivity contribution in [2.24, 2.45) is 0 Å². The van der Waals surface area contributed by atoms with Crippen molar-refractivity contribution in [3.05, 3.63) is 30.6 Å². The molecule has 1 aromatic carbocycles. The first-order valence-corrected chi connectivity index (χ1v) is 6.23. The molecule has 2 aromatic heterocycles. The predicted octanol–water partition coefficient (Wildman–Crippen LogP) is 2.49. The fourth-order valence-corrected chi connectivity index (χ4v) is 2.04. The molecule has 5 heteroatoms. The van der Waals surface area contributed by atoms with E-state index in [1.165, 1.54) is 6.42 Å². The first kappa shape index (κ1) is 11.0. The minimum absolute atomic E-state index is 0.798. The zero-order valence-corrected chi connectivity index (χ0v) is 10.3. The van der Waals surface area contributed by atoms with Crippen LogP contribution in [0.5, 0.6) is 0 Å². The van der Waals surface area contributed by atoms with Crippen LogP contribution >= 0.6 is 0 Å². The monoisotopic (exact) mass is 241 g/mol. The molecule has 0 aliphatic rings. The van der Waals surface area contributed by atoms with Crippen LogP contribution in [-0.2, 0) is 0 Å². The fraction of sp³-hybridized carbons (Fsp3) is 0.308. The summed E-state index contributed by atoms with van der Waals surface area (Å²) in [5.74, 6) is 0.895. The van der Waals surface area contributed by atoms with Gasteiger partial charge >= 0.3 is 0 Å². The molecule has 5 nitrogen and oxygen atoms in total. The highest BCUT2D eigenvalue weighted by Crippen LogP contribution is 2.23. The molecular formula is C13H15N5. The molecule has 0 bridgehead atoms. The SMILES string of the molecule is CCCCNc1nn2cnnc2c2ccccc12. The molecule has 92 valence electrons.